The van der Waals surface area contributed by atoms with Gasteiger partial charge in [0, 0.05) is 31.2 Å². The van der Waals surface area contributed by atoms with Gasteiger partial charge < -0.3 is 14.6 Å². The molecule has 26 heavy (non-hydrogen) atoms. The van der Waals surface area contributed by atoms with E-state index in [1.54, 1.807) is 19.9 Å². The number of urea groups is 1. The van der Waals surface area contributed by atoms with Crippen LogP contribution in [0.1, 0.15) is 53.2 Å². The fraction of sp³-hybridized carbons (Fsp3) is 0.765. The van der Waals surface area contributed by atoms with Gasteiger partial charge in [0.2, 0.25) is 5.88 Å². The van der Waals surface area contributed by atoms with Crippen molar-refractivity contribution in [3.63, 3.8) is 0 Å². The zero-order valence-electron chi connectivity index (χ0n) is 16.1. The summed E-state index contributed by atoms with van der Waals surface area (Å²) in [7, 11) is -3.40. The van der Waals surface area contributed by atoms with Gasteiger partial charge in [-0.25, -0.2) is 13.2 Å². The van der Waals surface area contributed by atoms with E-state index < -0.39 is 25.9 Å². The molecule has 0 radical (unpaired) electrons. The normalized spacial score (nSPS) is 17.1. The molecule has 2 rings (SSSR count). The molecule has 0 saturated carbocycles. The quantitative estimate of drug-likeness (QED) is 0.803. The van der Waals surface area contributed by atoms with E-state index in [2.05, 4.69) is 15.8 Å². The van der Waals surface area contributed by atoms with Gasteiger partial charge in [0.25, 0.3) is 0 Å². The highest BCUT2D eigenvalue weighted by molar-refractivity contribution is 7.93. The molecule has 148 valence electrons. The second-order valence-corrected chi connectivity index (χ2v) is 11.1. The smallest absolute Gasteiger partial charge is 0.321 e. The van der Waals surface area contributed by atoms with Gasteiger partial charge >= 0.3 is 6.03 Å². The summed E-state index contributed by atoms with van der Waals surface area (Å²) in [5.74, 6) is 0.220. The Kier molecular flexibility index (Phi) is 6.02. The molecular weight excluding hydrogens is 358 g/mol. The predicted molar refractivity (Wildman–Crippen MR) is 99.1 cm³/mol. The van der Waals surface area contributed by atoms with Crippen LogP contribution < -0.4 is 10.6 Å². The Balaban J connectivity index is 1.94. The van der Waals surface area contributed by atoms with E-state index in [0.29, 0.717) is 26.1 Å². The van der Waals surface area contributed by atoms with Gasteiger partial charge in [0.15, 0.2) is 9.84 Å². The first-order valence-electron chi connectivity index (χ1n) is 8.77. The monoisotopic (exact) mass is 387 g/mol. The van der Waals surface area contributed by atoms with Crippen LogP contribution in [0.5, 0.6) is 0 Å². The van der Waals surface area contributed by atoms with Crippen molar-refractivity contribution in [3.8, 4) is 0 Å². The summed E-state index contributed by atoms with van der Waals surface area (Å²) in [5.41, 5.74) is 0.523. The average molecular weight is 388 g/mol. The van der Waals surface area contributed by atoms with Crippen LogP contribution in [0.25, 0.3) is 0 Å². The van der Waals surface area contributed by atoms with Gasteiger partial charge in [-0.2, -0.15) is 0 Å². The van der Waals surface area contributed by atoms with E-state index in [1.807, 2.05) is 20.8 Å². The number of carbonyl (C=O) groups is 1. The van der Waals surface area contributed by atoms with E-state index >= 15 is 0 Å². The minimum absolute atomic E-state index is 0.00120. The topological polar surface area (TPSA) is 111 Å². The van der Waals surface area contributed by atoms with Gasteiger partial charge in [-0.1, -0.05) is 25.9 Å². The number of nitrogens with zero attached hydrogens (tertiary/aromatic N) is 1. The number of hydrogen-bond acceptors (Lipinski definition) is 6. The van der Waals surface area contributed by atoms with Gasteiger partial charge in [-0.15, -0.1) is 0 Å². The predicted octanol–water partition coefficient (Wildman–Crippen LogP) is 2.47. The van der Waals surface area contributed by atoms with Crippen LogP contribution >= 0.6 is 0 Å². The van der Waals surface area contributed by atoms with Crippen molar-refractivity contribution in [2.45, 2.75) is 62.9 Å². The Labute approximate surface area is 155 Å². The van der Waals surface area contributed by atoms with Crippen molar-refractivity contribution in [2.24, 2.45) is 0 Å². The van der Waals surface area contributed by atoms with Gasteiger partial charge in [-0.05, 0) is 26.7 Å². The number of ether oxygens (including phenoxy) is 1. The summed E-state index contributed by atoms with van der Waals surface area (Å²) in [6.07, 6.45) is 0.983. The molecular formula is C17H29N3O5S. The maximum absolute atomic E-state index is 12.8. The SMILES string of the molecule is CC(C)(C)c1cc(NC(=O)NCC(C)(C)S(=O)(=O)C2CCOCC2)on1. The molecule has 1 aromatic rings. The molecule has 8 nitrogen and oxygen atoms in total. The molecule has 0 aromatic carbocycles. The fourth-order valence-electron chi connectivity index (χ4n) is 2.67. The maximum Gasteiger partial charge on any atom is 0.321 e. The number of anilines is 1. The molecule has 0 aliphatic carbocycles. The van der Waals surface area contributed by atoms with E-state index in [0.717, 1.165) is 5.69 Å². The Morgan fingerprint density at radius 3 is 2.38 bits per heavy atom. The molecule has 1 fully saturated rings. The number of nitrogens with one attached hydrogen (secondary N) is 2. The maximum atomic E-state index is 12.8. The summed E-state index contributed by atoms with van der Waals surface area (Å²) in [5, 5.41) is 8.65. The van der Waals surface area contributed by atoms with Crippen molar-refractivity contribution in [1.82, 2.24) is 10.5 Å². The van der Waals surface area contributed by atoms with Crippen molar-refractivity contribution in [2.75, 3.05) is 25.1 Å². The lowest BCUT2D eigenvalue weighted by Crippen LogP contribution is -2.50. The minimum atomic E-state index is -3.40. The largest absolute Gasteiger partial charge is 0.381 e. The molecule has 0 bridgehead atoms. The van der Waals surface area contributed by atoms with E-state index in [9.17, 15) is 13.2 Å². The van der Waals surface area contributed by atoms with Crippen LogP contribution in [0.15, 0.2) is 10.6 Å². The van der Waals surface area contributed by atoms with Crippen molar-refractivity contribution in [3.05, 3.63) is 11.8 Å². The van der Waals surface area contributed by atoms with Crippen LogP contribution in [0.3, 0.4) is 0 Å². The summed E-state index contributed by atoms with van der Waals surface area (Å²) < 4.78 is 34.9. The zero-order chi connectivity index (χ0) is 19.6. The molecule has 2 amide bonds. The second-order valence-electron chi connectivity index (χ2n) is 8.25. The highest BCUT2D eigenvalue weighted by Gasteiger charge is 2.41. The Morgan fingerprint density at radius 2 is 1.85 bits per heavy atom. The molecule has 1 aliphatic rings. The van der Waals surface area contributed by atoms with Gasteiger partial charge in [0.1, 0.15) is 0 Å². The highest BCUT2D eigenvalue weighted by Crippen LogP contribution is 2.27. The van der Waals surface area contributed by atoms with Gasteiger partial charge in [0.05, 0.1) is 15.7 Å². The van der Waals surface area contributed by atoms with Crippen LogP contribution in [-0.2, 0) is 20.0 Å². The third-order valence-electron chi connectivity index (χ3n) is 4.57. The molecule has 0 unspecified atom stereocenters. The molecule has 1 aromatic heterocycles. The lowest BCUT2D eigenvalue weighted by molar-refractivity contribution is 0.0979. The number of carbonyl (C=O) groups excluding carboxylic acids is 1. The Morgan fingerprint density at radius 1 is 1.23 bits per heavy atom. The molecule has 9 heteroatoms. The molecule has 0 atom stereocenters. The second kappa shape index (κ2) is 7.56. The average Bonchev–Trinajstić information content (AvgIpc) is 3.02. The van der Waals surface area contributed by atoms with Crippen molar-refractivity contribution in [1.29, 1.82) is 0 Å². The van der Waals surface area contributed by atoms with E-state index in [-0.39, 0.29) is 17.8 Å². The van der Waals surface area contributed by atoms with Crippen LogP contribution in [0, 0.1) is 0 Å². The van der Waals surface area contributed by atoms with Gasteiger partial charge in [-0.3, -0.25) is 5.32 Å². The number of aromatic nitrogens is 1. The van der Waals surface area contributed by atoms with Crippen molar-refractivity contribution >= 4 is 21.8 Å². The number of hydrogen-bond donors (Lipinski definition) is 2. The fourth-order valence-corrected chi connectivity index (χ4v) is 4.66. The summed E-state index contributed by atoms with van der Waals surface area (Å²) >= 11 is 0. The Bertz CT molecular complexity index is 728. The summed E-state index contributed by atoms with van der Waals surface area (Å²) in [4.78, 5) is 12.1. The van der Waals surface area contributed by atoms with Crippen LogP contribution in [0.4, 0.5) is 10.7 Å². The van der Waals surface area contributed by atoms with Crippen LogP contribution in [-0.4, -0.2) is 49.4 Å². The number of sulfone groups is 1. The molecule has 0 spiro atoms. The lowest BCUT2D eigenvalue weighted by Gasteiger charge is -2.32. The number of amides is 2. The summed E-state index contributed by atoms with van der Waals surface area (Å²) in [6.45, 7) is 10.1. The van der Waals surface area contributed by atoms with E-state index in [1.165, 1.54) is 0 Å². The third kappa shape index (κ3) is 4.76. The first kappa shape index (κ1) is 20.7. The molecule has 2 heterocycles. The molecule has 1 aliphatic heterocycles. The van der Waals surface area contributed by atoms with Crippen molar-refractivity contribution < 1.29 is 22.5 Å². The zero-order valence-corrected chi connectivity index (χ0v) is 16.9. The third-order valence-corrected chi connectivity index (χ3v) is 7.60. The first-order chi connectivity index (χ1) is 11.9. The standard InChI is InChI=1S/C17H29N3O5S/c1-16(2,3)13-10-14(25-20-13)19-15(21)18-11-17(4,5)26(22,23)12-6-8-24-9-7-12/h10,12H,6-9,11H2,1-5H3,(H2,18,19,21). The molecule has 1 saturated heterocycles. The number of rotatable bonds is 5. The van der Waals surface area contributed by atoms with E-state index in [4.69, 9.17) is 9.26 Å². The minimum Gasteiger partial charge on any atom is -0.381 e. The highest BCUT2D eigenvalue weighted by atomic mass is 32.2. The summed E-state index contributed by atoms with van der Waals surface area (Å²) in [6, 6.07) is 1.13. The first-order valence-corrected chi connectivity index (χ1v) is 10.3. The molecule has 2 N–H and O–H groups in total. The lowest BCUT2D eigenvalue weighted by atomic mass is 9.92. The van der Waals surface area contributed by atoms with Crippen LogP contribution in [0.2, 0.25) is 0 Å². The Hall–Kier alpha value is -1.61.